The Bertz CT molecular complexity index is 562. The van der Waals surface area contributed by atoms with E-state index in [2.05, 4.69) is 0 Å². The van der Waals surface area contributed by atoms with E-state index in [9.17, 15) is 24.9 Å². The molecule has 2 amide bonds. The highest BCUT2D eigenvalue weighted by Gasteiger charge is 2.25. The number of piperazine rings is 1. The van der Waals surface area contributed by atoms with Crippen molar-refractivity contribution < 1.29 is 24.9 Å². The average molecular weight is 329 g/mol. The molecule has 1 aromatic carbocycles. The highest BCUT2D eigenvalue weighted by Crippen LogP contribution is 2.35. The van der Waals surface area contributed by atoms with E-state index in [1.165, 1.54) is 4.90 Å². The number of halogens is 1. The van der Waals surface area contributed by atoms with Gasteiger partial charge in [-0.15, -0.1) is 11.6 Å². The lowest BCUT2D eigenvalue weighted by atomic mass is 10.1. The second kappa shape index (κ2) is 6.74. The fraction of sp³-hybridized carbons (Fsp3) is 0.429. The van der Waals surface area contributed by atoms with Gasteiger partial charge >= 0.3 is 0 Å². The van der Waals surface area contributed by atoms with Crippen LogP contribution in [-0.4, -0.2) is 69.0 Å². The Morgan fingerprint density at radius 3 is 2.00 bits per heavy atom. The zero-order chi connectivity index (χ0) is 16.3. The molecule has 1 heterocycles. The summed E-state index contributed by atoms with van der Waals surface area (Å²) in [7, 11) is 0. The van der Waals surface area contributed by atoms with Crippen LogP contribution in [0.2, 0.25) is 0 Å². The van der Waals surface area contributed by atoms with Gasteiger partial charge < -0.3 is 25.1 Å². The minimum atomic E-state index is -0.659. The topological polar surface area (TPSA) is 101 Å². The van der Waals surface area contributed by atoms with E-state index in [1.807, 2.05) is 0 Å². The number of hydrogen-bond acceptors (Lipinski definition) is 5. The molecule has 1 aromatic rings. The summed E-state index contributed by atoms with van der Waals surface area (Å²) in [6, 6.07) is 2.20. The smallest absolute Gasteiger partial charge is 0.254 e. The average Bonchev–Trinajstić information content (AvgIpc) is 2.51. The van der Waals surface area contributed by atoms with Crippen molar-refractivity contribution in [3.05, 3.63) is 17.7 Å². The molecule has 0 radical (unpaired) electrons. The minimum absolute atomic E-state index is 0.0398. The lowest BCUT2D eigenvalue weighted by molar-refractivity contribution is -0.132. The predicted molar refractivity (Wildman–Crippen MR) is 79.3 cm³/mol. The Morgan fingerprint density at radius 1 is 1.00 bits per heavy atom. The van der Waals surface area contributed by atoms with Crippen molar-refractivity contribution in [3.8, 4) is 17.2 Å². The number of carbonyl (C=O) groups is 2. The Balaban J connectivity index is 2.02. The highest BCUT2D eigenvalue weighted by atomic mass is 35.5. The van der Waals surface area contributed by atoms with E-state index in [0.717, 1.165) is 12.1 Å². The maximum atomic E-state index is 12.3. The molecule has 1 saturated heterocycles. The third-order valence-electron chi connectivity index (χ3n) is 3.54. The predicted octanol–water partition coefficient (Wildman–Crippen LogP) is 0.717. The quantitative estimate of drug-likeness (QED) is 0.560. The Morgan fingerprint density at radius 2 is 1.50 bits per heavy atom. The summed E-state index contributed by atoms with van der Waals surface area (Å²) in [6.07, 6.45) is 0.273. The van der Waals surface area contributed by atoms with Crippen molar-refractivity contribution >= 4 is 23.4 Å². The number of nitrogens with zero attached hydrogens (tertiary/aromatic N) is 2. The van der Waals surface area contributed by atoms with Gasteiger partial charge in [-0.25, -0.2) is 0 Å². The fourth-order valence-electron chi connectivity index (χ4n) is 2.31. The molecule has 22 heavy (non-hydrogen) atoms. The van der Waals surface area contributed by atoms with Gasteiger partial charge in [-0.2, -0.15) is 0 Å². The summed E-state index contributed by atoms with van der Waals surface area (Å²) in [5, 5.41) is 28.2. The first-order valence-electron chi connectivity index (χ1n) is 6.82. The number of phenolic OH excluding ortho intramolecular Hbond substituents is 3. The SMILES string of the molecule is O=C(CCCl)N1CCN(C(=O)c2cc(O)c(O)c(O)c2)CC1. The van der Waals surface area contributed by atoms with Crippen LogP contribution in [0.25, 0.3) is 0 Å². The zero-order valence-electron chi connectivity index (χ0n) is 11.8. The number of alkyl halides is 1. The molecule has 0 aliphatic carbocycles. The van der Waals surface area contributed by atoms with Gasteiger partial charge in [0, 0.05) is 44.0 Å². The number of phenols is 3. The van der Waals surface area contributed by atoms with Gasteiger partial charge in [0.15, 0.2) is 17.2 Å². The molecular weight excluding hydrogens is 312 g/mol. The van der Waals surface area contributed by atoms with Gasteiger partial charge in [0.25, 0.3) is 5.91 Å². The maximum Gasteiger partial charge on any atom is 0.254 e. The van der Waals surface area contributed by atoms with Gasteiger partial charge in [-0.3, -0.25) is 9.59 Å². The summed E-state index contributed by atoms with van der Waals surface area (Å²) < 4.78 is 0. The molecule has 1 aliphatic rings. The maximum absolute atomic E-state index is 12.3. The van der Waals surface area contributed by atoms with Gasteiger partial charge in [0.2, 0.25) is 5.91 Å². The third-order valence-corrected chi connectivity index (χ3v) is 3.73. The molecule has 1 fully saturated rings. The van der Waals surface area contributed by atoms with Crippen LogP contribution in [0.3, 0.4) is 0 Å². The fourth-order valence-corrected chi connectivity index (χ4v) is 2.47. The molecule has 1 aliphatic heterocycles. The van der Waals surface area contributed by atoms with Crippen molar-refractivity contribution in [2.75, 3.05) is 32.1 Å². The van der Waals surface area contributed by atoms with E-state index in [-0.39, 0.29) is 29.7 Å². The first-order chi connectivity index (χ1) is 10.4. The first-order valence-corrected chi connectivity index (χ1v) is 7.35. The number of rotatable bonds is 3. The van der Waals surface area contributed by atoms with Crippen molar-refractivity contribution in [2.45, 2.75) is 6.42 Å². The molecule has 0 spiro atoms. The number of aromatic hydroxyl groups is 3. The van der Waals surface area contributed by atoms with Crippen LogP contribution in [0.15, 0.2) is 12.1 Å². The molecule has 120 valence electrons. The van der Waals surface area contributed by atoms with Crippen LogP contribution in [0.4, 0.5) is 0 Å². The van der Waals surface area contributed by atoms with Crippen LogP contribution in [0.1, 0.15) is 16.8 Å². The van der Waals surface area contributed by atoms with Crippen LogP contribution in [0, 0.1) is 0 Å². The van der Waals surface area contributed by atoms with E-state index in [0.29, 0.717) is 26.2 Å². The molecule has 0 unspecified atom stereocenters. The van der Waals surface area contributed by atoms with Crippen molar-refractivity contribution in [1.29, 1.82) is 0 Å². The second-order valence-electron chi connectivity index (χ2n) is 4.98. The van der Waals surface area contributed by atoms with Crippen LogP contribution >= 0.6 is 11.6 Å². The normalized spacial score (nSPS) is 15.0. The molecule has 7 nitrogen and oxygen atoms in total. The van der Waals surface area contributed by atoms with Crippen molar-refractivity contribution in [1.82, 2.24) is 9.80 Å². The molecule has 3 N–H and O–H groups in total. The first kappa shape index (κ1) is 16.2. The molecule has 0 bridgehead atoms. The summed E-state index contributed by atoms with van der Waals surface area (Å²) in [4.78, 5) is 27.2. The second-order valence-corrected chi connectivity index (χ2v) is 5.35. The van der Waals surface area contributed by atoms with Crippen LogP contribution in [-0.2, 0) is 4.79 Å². The standard InChI is InChI=1S/C14H17ClN2O5/c15-2-1-12(20)16-3-5-17(6-4-16)14(22)9-7-10(18)13(21)11(19)8-9/h7-8,18-19,21H,1-6H2. The largest absolute Gasteiger partial charge is 0.504 e. The molecule has 0 saturated carbocycles. The molecule has 0 atom stereocenters. The van der Waals surface area contributed by atoms with Crippen molar-refractivity contribution in [3.63, 3.8) is 0 Å². The number of carbonyl (C=O) groups excluding carboxylic acids is 2. The summed E-state index contributed by atoms with van der Waals surface area (Å²) in [5.41, 5.74) is 0.0772. The molecule has 8 heteroatoms. The van der Waals surface area contributed by atoms with E-state index < -0.39 is 17.2 Å². The van der Waals surface area contributed by atoms with Gasteiger partial charge in [0.1, 0.15) is 0 Å². The van der Waals surface area contributed by atoms with E-state index in [4.69, 9.17) is 11.6 Å². The molecule has 2 rings (SSSR count). The lowest BCUT2D eigenvalue weighted by Crippen LogP contribution is -2.50. The highest BCUT2D eigenvalue weighted by molar-refractivity contribution is 6.18. The lowest BCUT2D eigenvalue weighted by Gasteiger charge is -2.34. The van der Waals surface area contributed by atoms with E-state index >= 15 is 0 Å². The number of amides is 2. The van der Waals surface area contributed by atoms with Crippen LogP contribution < -0.4 is 0 Å². The van der Waals surface area contributed by atoms with Crippen molar-refractivity contribution in [2.24, 2.45) is 0 Å². The number of hydrogen-bond donors (Lipinski definition) is 3. The third kappa shape index (κ3) is 3.36. The molecule has 0 aromatic heterocycles. The Kier molecular flexibility index (Phi) is 4.97. The molecular formula is C14H17ClN2O5. The van der Waals surface area contributed by atoms with Crippen LogP contribution in [0.5, 0.6) is 17.2 Å². The summed E-state index contributed by atoms with van der Waals surface area (Å²) >= 11 is 5.54. The summed E-state index contributed by atoms with van der Waals surface area (Å²) in [5.74, 6) is -1.92. The minimum Gasteiger partial charge on any atom is -0.504 e. The summed E-state index contributed by atoms with van der Waals surface area (Å²) in [6.45, 7) is 1.54. The zero-order valence-corrected chi connectivity index (χ0v) is 12.6. The Hall–Kier alpha value is -2.15. The van der Waals surface area contributed by atoms with Gasteiger partial charge in [-0.05, 0) is 12.1 Å². The van der Waals surface area contributed by atoms with E-state index in [1.54, 1.807) is 4.90 Å². The van der Waals surface area contributed by atoms with Gasteiger partial charge in [0.05, 0.1) is 0 Å². The monoisotopic (exact) mass is 328 g/mol. The Labute approximate surface area is 132 Å². The number of benzene rings is 1. The van der Waals surface area contributed by atoms with Gasteiger partial charge in [-0.1, -0.05) is 0 Å².